The van der Waals surface area contributed by atoms with Gasteiger partial charge in [-0.2, -0.15) is 13.2 Å². The number of hydrogen-bond donors (Lipinski definition) is 0. The summed E-state index contributed by atoms with van der Waals surface area (Å²) in [6.45, 7) is 8.09. The van der Waals surface area contributed by atoms with Gasteiger partial charge in [-0.25, -0.2) is 4.79 Å². The third-order valence-corrected chi connectivity index (χ3v) is 10.0. The molecule has 0 aliphatic rings. The van der Waals surface area contributed by atoms with E-state index < -0.39 is 32.1 Å². The standard InChI is InChI=1S/C19H26F3IO3Si/c1-5-25-18(24)16(13-23)17(26-27(6-2,7-3)8-4)14-9-11-15(12-10-14)19(20,21)22/h9-13,17H,5-8H2,1-4H3/b16-13+. The van der Waals surface area contributed by atoms with E-state index in [9.17, 15) is 18.0 Å². The lowest BCUT2D eigenvalue weighted by atomic mass is 10.0. The average Bonchev–Trinajstić information content (AvgIpc) is 2.65. The molecule has 0 fully saturated rings. The molecule has 0 saturated carbocycles. The smallest absolute Gasteiger partial charge is 0.416 e. The zero-order valence-corrected chi connectivity index (χ0v) is 19.2. The number of benzene rings is 1. The summed E-state index contributed by atoms with van der Waals surface area (Å²) in [4.78, 5) is 12.4. The average molecular weight is 514 g/mol. The SMILES string of the molecule is CCOC(=O)/C(=C/I)C(O[Si](CC)(CC)CC)c1ccc(C(F)(F)F)cc1. The number of alkyl halides is 3. The summed E-state index contributed by atoms with van der Waals surface area (Å²) in [6.07, 6.45) is -5.15. The third-order valence-electron chi connectivity index (χ3n) is 4.75. The molecule has 1 atom stereocenters. The largest absolute Gasteiger partial charge is 0.463 e. The van der Waals surface area contributed by atoms with Gasteiger partial charge < -0.3 is 9.16 Å². The van der Waals surface area contributed by atoms with Crippen LogP contribution in [0, 0.1) is 0 Å². The number of carbonyl (C=O) groups excluding carboxylic acids is 1. The Labute approximate surface area is 173 Å². The Morgan fingerprint density at radius 2 is 1.63 bits per heavy atom. The van der Waals surface area contributed by atoms with Crippen LogP contribution in [0.3, 0.4) is 0 Å². The van der Waals surface area contributed by atoms with Gasteiger partial charge in [-0.05, 0) is 46.8 Å². The van der Waals surface area contributed by atoms with Gasteiger partial charge in [-0.1, -0.05) is 55.5 Å². The summed E-state index contributed by atoms with van der Waals surface area (Å²) in [7, 11) is -2.14. The number of carbonyl (C=O) groups is 1. The van der Waals surface area contributed by atoms with E-state index in [1.165, 1.54) is 12.1 Å². The van der Waals surface area contributed by atoms with Crippen LogP contribution in [0.2, 0.25) is 18.1 Å². The molecule has 8 heteroatoms. The van der Waals surface area contributed by atoms with Crippen molar-refractivity contribution in [1.29, 1.82) is 0 Å². The summed E-state index contributed by atoms with van der Waals surface area (Å²) < 4.78 is 51.9. The first kappa shape index (κ1) is 24.2. The lowest BCUT2D eigenvalue weighted by Crippen LogP contribution is -2.38. The molecule has 0 amide bonds. The predicted octanol–water partition coefficient (Wildman–Crippen LogP) is 6.65. The molecule has 0 aromatic heterocycles. The van der Waals surface area contributed by atoms with Gasteiger partial charge in [0.15, 0.2) is 8.32 Å². The number of halogens is 4. The van der Waals surface area contributed by atoms with Gasteiger partial charge in [0.25, 0.3) is 0 Å². The van der Waals surface area contributed by atoms with Crippen LogP contribution < -0.4 is 0 Å². The maximum absolute atomic E-state index is 12.9. The van der Waals surface area contributed by atoms with Crippen LogP contribution in [0.1, 0.15) is 44.9 Å². The Kier molecular flexibility index (Phi) is 9.50. The van der Waals surface area contributed by atoms with Crippen LogP contribution in [0.25, 0.3) is 0 Å². The minimum Gasteiger partial charge on any atom is -0.463 e. The number of rotatable bonds is 9. The van der Waals surface area contributed by atoms with E-state index in [-0.39, 0.29) is 6.61 Å². The molecule has 0 saturated heterocycles. The molecule has 0 heterocycles. The van der Waals surface area contributed by atoms with E-state index in [1.807, 2.05) is 22.6 Å². The van der Waals surface area contributed by atoms with Crippen molar-refractivity contribution in [1.82, 2.24) is 0 Å². The minimum absolute atomic E-state index is 0.213. The van der Waals surface area contributed by atoms with Crippen LogP contribution in [0.15, 0.2) is 33.9 Å². The second-order valence-corrected chi connectivity index (χ2v) is 11.5. The van der Waals surface area contributed by atoms with Crippen molar-refractivity contribution in [3.63, 3.8) is 0 Å². The fraction of sp³-hybridized carbons (Fsp3) is 0.526. The lowest BCUT2D eigenvalue weighted by molar-refractivity contribution is -0.140. The van der Waals surface area contributed by atoms with Gasteiger partial charge in [-0.3, -0.25) is 0 Å². The fourth-order valence-corrected chi connectivity index (χ4v) is 6.18. The van der Waals surface area contributed by atoms with Crippen molar-refractivity contribution in [2.45, 2.75) is 58.1 Å². The number of ether oxygens (including phenoxy) is 1. The molecule has 3 nitrogen and oxygen atoms in total. The highest BCUT2D eigenvalue weighted by atomic mass is 127. The zero-order chi connectivity index (χ0) is 20.7. The van der Waals surface area contributed by atoms with Crippen molar-refractivity contribution in [3.8, 4) is 0 Å². The first-order valence-electron chi connectivity index (χ1n) is 9.00. The summed E-state index contributed by atoms with van der Waals surface area (Å²) >= 11 is 1.95. The van der Waals surface area contributed by atoms with Crippen molar-refractivity contribution in [2.24, 2.45) is 0 Å². The van der Waals surface area contributed by atoms with Gasteiger partial charge in [-0.15, -0.1) is 0 Å². The molecule has 0 aliphatic heterocycles. The second-order valence-electron chi connectivity index (χ2n) is 6.15. The van der Waals surface area contributed by atoms with Crippen LogP contribution in [-0.4, -0.2) is 20.9 Å². The summed E-state index contributed by atoms with van der Waals surface area (Å²) in [5.41, 5.74) is 0.0988. The molecule has 27 heavy (non-hydrogen) atoms. The van der Waals surface area contributed by atoms with Gasteiger partial charge >= 0.3 is 12.1 Å². The van der Waals surface area contributed by atoms with Crippen LogP contribution in [0.4, 0.5) is 13.2 Å². The zero-order valence-electron chi connectivity index (χ0n) is 16.0. The summed E-state index contributed by atoms with van der Waals surface area (Å²) in [5.74, 6) is -0.511. The highest BCUT2D eigenvalue weighted by Crippen LogP contribution is 2.37. The molecule has 1 aromatic carbocycles. The van der Waals surface area contributed by atoms with Crippen molar-refractivity contribution >= 4 is 36.9 Å². The first-order chi connectivity index (χ1) is 12.7. The quantitative estimate of drug-likeness (QED) is 0.160. The van der Waals surface area contributed by atoms with E-state index in [0.717, 1.165) is 30.3 Å². The molecule has 1 aromatic rings. The van der Waals surface area contributed by atoms with Gasteiger partial charge in [0.2, 0.25) is 0 Å². The molecule has 0 spiro atoms. The van der Waals surface area contributed by atoms with Gasteiger partial charge in [0.1, 0.15) is 6.10 Å². The summed E-state index contributed by atoms with van der Waals surface area (Å²) in [6, 6.07) is 7.38. The Morgan fingerprint density at radius 1 is 1.11 bits per heavy atom. The maximum Gasteiger partial charge on any atom is 0.416 e. The highest BCUT2D eigenvalue weighted by Gasteiger charge is 2.37. The van der Waals surface area contributed by atoms with Crippen molar-refractivity contribution in [3.05, 3.63) is 45.0 Å². The van der Waals surface area contributed by atoms with Crippen molar-refractivity contribution < 1.29 is 27.1 Å². The minimum atomic E-state index is -4.41. The topological polar surface area (TPSA) is 35.5 Å². The number of hydrogen-bond acceptors (Lipinski definition) is 3. The lowest BCUT2D eigenvalue weighted by Gasteiger charge is -2.34. The van der Waals surface area contributed by atoms with E-state index in [4.69, 9.17) is 9.16 Å². The van der Waals surface area contributed by atoms with E-state index in [2.05, 4.69) is 20.8 Å². The van der Waals surface area contributed by atoms with Crippen LogP contribution >= 0.6 is 22.6 Å². The second kappa shape index (κ2) is 10.6. The normalized spacial score (nSPS) is 14.1. The molecule has 0 bridgehead atoms. The van der Waals surface area contributed by atoms with E-state index in [0.29, 0.717) is 11.1 Å². The predicted molar refractivity (Wildman–Crippen MR) is 111 cm³/mol. The van der Waals surface area contributed by atoms with E-state index in [1.54, 1.807) is 11.0 Å². The Morgan fingerprint density at radius 3 is 2.00 bits per heavy atom. The molecule has 0 N–H and O–H groups in total. The van der Waals surface area contributed by atoms with Gasteiger partial charge in [0, 0.05) is 0 Å². The Bertz CT molecular complexity index is 632. The fourth-order valence-electron chi connectivity index (χ4n) is 2.83. The molecule has 1 unspecified atom stereocenters. The monoisotopic (exact) mass is 514 g/mol. The van der Waals surface area contributed by atoms with Crippen LogP contribution in [0.5, 0.6) is 0 Å². The Balaban J connectivity index is 3.38. The third kappa shape index (κ3) is 6.32. The summed E-state index contributed by atoms with van der Waals surface area (Å²) in [5, 5.41) is 0. The molecule has 0 aliphatic carbocycles. The molecular formula is C19H26F3IO3Si. The number of esters is 1. The molecule has 1 rings (SSSR count). The molecule has 152 valence electrons. The van der Waals surface area contributed by atoms with Crippen LogP contribution in [-0.2, 0) is 20.1 Å². The molecule has 0 radical (unpaired) electrons. The first-order valence-corrected chi connectivity index (χ1v) is 12.8. The molecular weight excluding hydrogens is 488 g/mol. The Hall–Kier alpha value is -0.873. The maximum atomic E-state index is 12.9. The van der Waals surface area contributed by atoms with Crippen molar-refractivity contribution in [2.75, 3.05) is 6.61 Å². The van der Waals surface area contributed by atoms with E-state index >= 15 is 0 Å². The van der Waals surface area contributed by atoms with Gasteiger partial charge in [0.05, 0.1) is 17.7 Å². The highest BCUT2D eigenvalue weighted by molar-refractivity contribution is 14.1.